The summed E-state index contributed by atoms with van der Waals surface area (Å²) >= 11 is 6.97. The lowest BCUT2D eigenvalue weighted by Crippen LogP contribution is -2.28. The maximum Gasteiger partial charge on any atom is 0.308 e. The summed E-state index contributed by atoms with van der Waals surface area (Å²) in [5.74, 6) is 0.210. The normalized spacial score (nSPS) is 11.7. The Morgan fingerprint density at radius 1 is 1.15 bits per heavy atom. The molecule has 0 amide bonds. The number of carbonyl (C=O) groups is 1. The third-order valence-electron chi connectivity index (χ3n) is 4.55. The lowest BCUT2D eigenvalue weighted by atomic mass is 10.1. The third-order valence-corrected chi connectivity index (χ3v) is 5.77. The van der Waals surface area contributed by atoms with Crippen LogP contribution < -0.4 is 25.1 Å². The molecule has 0 unspecified atom stereocenters. The van der Waals surface area contributed by atoms with Crippen LogP contribution in [0.25, 0.3) is 11.0 Å². The van der Waals surface area contributed by atoms with Crippen molar-refractivity contribution in [3.05, 3.63) is 89.5 Å². The molecule has 0 aliphatic rings. The number of esters is 1. The van der Waals surface area contributed by atoms with Gasteiger partial charge in [0.2, 0.25) is 4.96 Å². The van der Waals surface area contributed by atoms with Gasteiger partial charge in [-0.25, -0.2) is 0 Å². The highest BCUT2D eigenvalue weighted by molar-refractivity contribution is 7.15. The molecule has 0 fully saturated rings. The average Bonchev–Trinajstić information content (AvgIpc) is 3.06. The molecule has 0 spiro atoms. The highest BCUT2D eigenvalue weighted by Gasteiger charge is 2.13. The molecule has 0 aliphatic carbocycles. The molecule has 4 aromatic rings. The smallest absolute Gasteiger partial charge is 0.308 e. The van der Waals surface area contributed by atoms with Gasteiger partial charge in [0.15, 0.2) is 11.5 Å². The molecular formula is C23H18ClN3O5S. The fourth-order valence-corrected chi connectivity index (χ4v) is 4.15. The quantitative estimate of drug-likeness (QED) is 0.307. The van der Waals surface area contributed by atoms with Crippen LogP contribution in [0.1, 0.15) is 30.7 Å². The Morgan fingerprint density at radius 2 is 1.91 bits per heavy atom. The van der Waals surface area contributed by atoms with Crippen LogP contribution in [0.2, 0.25) is 5.02 Å². The van der Waals surface area contributed by atoms with Crippen LogP contribution in [0.5, 0.6) is 11.5 Å². The molecule has 0 saturated heterocycles. The molecule has 2 heterocycles. The molecule has 0 atom stereocenters. The zero-order chi connectivity index (χ0) is 23.5. The SMILES string of the molecule is CCOc1cc(/C=c2\sc3nc(=O)c(Cc4ccc(Cl)cc4)nn3c2=O)ccc1OC(C)=O. The van der Waals surface area contributed by atoms with Gasteiger partial charge in [-0.2, -0.15) is 14.6 Å². The summed E-state index contributed by atoms with van der Waals surface area (Å²) in [7, 11) is 0. The molecule has 168 valence electrons. The second kappa shape index (κ2) is 9.51. The number of halogens is 1. The monoisotopic (exact) mass is 483 g/mol. The van der Waals surface area contributed by atoms with Crippen molar-refractivity contribution in [2.24, 2.45) is 0 Å². The largest absolute Gasteiger partial charge is 0.490 e. The van der Waals surface area contributed by atoms with E-state index in [9.17, 15) is 14.4 Å². The number of hydrogen-bond donors (Lipinski definition) is 0. The van der Waals surface area contributed by atoms with Gasteiger partial charge in [-0.1, -0.05) is 41.1 Å². The summed E-state index contributed by atoms with van der Waals surface area (Å²) in [4.78, 5) is 40.9. The average molecular weight is 484 g/mol. The van der Waals surface area contributed by atoms with Crippen LogP contribution in [-0.2, 0) is 11.2 Å². The van der Waals surface area contributed by atoms with Gasteiger partial charge in [0.1, 0.15) is 5.69 Å². The first-order chi connectivity index (χ1) is 15.8. The highest BCUT2D eigenvalue weighted by atomic mass is 35.5. The molecule has 33 heavy (non-hydrogen) atoms. The molecule has 0 saturated carbocycles. The number of carbonyl (C=O) groups excluding carboxylic acids is 1. The fraction of sp³-hybridized carbons (Fsp3) is 0.174. The summed E-state index contributed by atoms with van der Waals surface area (Å²) < 4.78 is 12.2. The number of aromatic nitrogens is 3. The Bertz CT molecular complexity index is 1510. The standard InChI is InChI=1S/C23H18ClN3O5S/c1-3-31-19-11-15(6-9-18(19)32-13(2)28)12-20-22(30)27-23(33-20)25-21(29)17(26-27)10-14-4-7-16(24)8-5-14/h4-9,11-12H,3,10H2,1-2H3/b20-12-. The Balaban J connectivity index is 1.74. The first-order valence-electron chi connectivity index (χ1n) is 9.98. The van der Waals surface area contributed by atoms with Gasteiger partial charge in [-0.05, 0) is 48.4 Å². The minimum atomic E-state index is -0.484. The maximum absolute atomic E-state index is 12.9. The summed E-state index contributed by atoms with van der Waals surface area (Å²) in [6.07, 6.45) is 1.88. The number of rotatable bonds is 6. The molecule has 0 aliphatic heterocycles. The van der Waals surface area contributed by atoms with Crippen molar-refractivity contribution in [1.82, 2.24) is 14.6 Å². The molecule has 2 aromatic carbocycles. The topological polar surface area (TPSA) is 99.9 Å². The van der Waals surface area contributed by atoms with Crippen molar-refractivity contribution in [1.29, 1.82) is 0 Å². The molecule has 0 radical (unpaired) electrons. The highest BCUT2D eigenvalue weighted by Crippen LogP contribution is 2.29. The van der Waals surface area contributed by atoms with E-state index in [2.05, 4.69) is 10.1 Å². The van der Waals surface area contributed by atoms with Crippen molar-refractivity contribution in [2.45, 2.75) is 20.3 Å². The maximum atomic E-state index is 12.9. The molecule has 8 nitrogen and oxygen atoms in total. The van der Waals surface area contributed by atoms with Gasteiger partial charge >= 0.3 is 5.97 Å². The Labute approximate surface area is 196 Å². The first-order valence-corrected chi connectivity index (χ1v) is 11.2. The van der Waals surface area contributed by atoms with E-state index >= 15 is 0 Å². The lowest BCUT2D eigenvalue weighted by molar-refractivity contribution is -0.132. The fourth-order valence-electron chi connectivity index (χ4n) is 3.12. The molecular weight excluding hydrogens is 466 g/mol. The Hall–Kier alpha value is -3.56. The Morgan fingerprint density at radius 3 is 2.61 bits per heavy atom. The van der Waals surface area contributed by atoms with Gasteiger partial charge in [-0.3, -0.25) is 14.4 Å². The summed E-state index contributed by atoms with van der Waals surface area (Å²) in [6, 6.07) is 12.0. The number of nitrogens with zero attached hydrogens (tertiary/aromatic N) is 3. The van der Waals surface area contributed by atoms with Crippen LogP contribution in [0.4, 0.5) is 0 Å². The van der Waals surface area contributed by atoms with Crippen LogP contribution in [0, 0.1) is 0 Å². The van der Waals surface area contributed by atoms with E-state index < -0.39 is 11.5 Å². The molecule has 0 N–H and O–H groups in total. The molecule has 2 aromatic heterocycles. The van der Waals surface area contributed by atoms with E-state index in [0.29, 0.717) is 33.2 Å². The third kappa shape index (κ3) is 5.10. The minimum absolute atomic E-state index is 0.167. The predicted molar refractivity (Wildman–Crippen MR) is 125 cm³/mol. The van der Waals surface area contributed by atoms with Crippen molar-refractivity contribution >= 4 is 39.9 Å². The number of hydrogen-bond acceptors (Lipinski definition) is 8. The second-order valence-corrected chi connectivity index (χ2v) is 8.46. The molecule has 0 bridgehead atoms. The van der Waals surface area contributed by atoms with Gasteiger partial charge in [0, 0.05) is 18.4 Å². The summed E-state index contributed by atoms with van der Waals surface area (Å²) in [5, 5.41) is 4.84. The number of benzene rings is 2. The van der Waals surface area contributed by atoms with Crippen molar-refractivity contribution in [3.63, 3.8) is 0 Å². The van der Waals surface area contributed by atoms with Gasteiger partial charge in [0.25, 0.3) is 11.1 Å². The Kier molecular flexibility index (Phi) is 6.52. The number of ether oxygens (including phenoxy) is 2. The zero-order valence-corrected chi connectivity index (χ0v) is 19.3. The van der Waals surface area contributed by atoms with E-state index in [4.69, 9.17) is 21.1 Å². The van der Waals surface area contributed by atoms with Crippen LogP contribution >= 0.6 is 22.9 Å². The van der Waals surface area contributed by atoms with Crippen LogP contribution in [-0.4, -0.2) is 27.2 Å². The van der Waals surface area contributed by atoms with E-state index in [1.807, 2.05) is 6.92 Å². The van der Waals surface area contributed by atoms with Gasteiger partial charge < -0.3 is 9.47 Å². The van der Waals surface area contributed by atoms with Gasteiger partial charge in [0.05, 0.1) is 11.1 Å². The number of fused-ring (bicyclic) bond motifs is 1. The summed E-state index contributed by atoms with van der Waals surface area (Å²) in [6.45, 7) is 3.49. The van der Waals surface area contributed by atoms with Crippen LogP contribution in [0.15, 0.2) is 52.1 Å². The molecule has 10 heteroatoms. The van der Waals surface area contributed by atoms with Crippen molar-refractivity contribution < 1.29 is 14.3 Å². The number of thiazole rings is 1. The van der Waals surface area contributed by atoms with Crippen molar-refractivity contribution in [3.8, 4) is 11.5 Å². The zero-order valence-electron chi connectivity index (χ0n) is 17.7. The second-order valence-electron chi connectivity index (χ2n) is 7.01. The minimum Gasteiger partial charge on any atom is -0.490 e. The first kappa shape index (κ1) is 22.6. The lowest BCUT2D eigenvalue weighted by Gasteiger charge is -2.10. The predicted octanol–water partition coefficient (Wildman–Crippen LogP) is 2.63. The van der Waals surface area contributed by atoms with E-state index in [-0.39, 0.29) is 22.6 Å². The van der Waals surface area contributed by atoms with Gasteiger partial charge in [-0.15, -0.1) is 0 Å². The molecule has 4 rings (SSSR count). The summed E-state index contributed by atoms with van der Waals surface area (Å²) in [5.41, 5.74) is 0.781. The van der Waals surface area contributed by atoms with E-state index in [1.165, 1.54) is 6.92 Å². The van der Waals surface area contributed by atoms with Crippen molar-refractivity contribution in [2.75, 3.05) is 6.61 Å². The van der Waals surface area contributed by atoms with E-state index in [0.717, 1.165) is 21.4 Å². The van der Waals surface area contributed by atoms with Crippen LogP contribution in [0.3, 0.4) is 0 Å². The van der Waals surface area contributed by atoms with E-state index in [1.54, 1.807) is 48.5 Å².